The lowest BCUT2D eigenvalue weighted by atomic mass is 10.0. The minimum Gasteiger partial charge on any atom is -0.422 e. The minimum absolute atomic E-state index is 0.310. The summed E-state index contributed by atoms with van der Waals surface area (Å²) in [6, 6.07) is 7.07. The Kier molecular flexibility index (Phi) is 6.50. The number of rotatable bonds is 9. The van der Waals surface area contributed by atoms with Gasteiger partial charge in [-0.15, -0.1) is 0 Å². The molecule has 0 unspecified atom stereocenters. The van der Waals surface area contributed by atoms with E-state index in [-0.39, 0.29) is 5.63 Å². The number of hydrogen-bond acceptors (Lipinski definition) is 3. The number of hydrogen-bond donors (Lipinski definition) is 1. The molecule has 0 aliphatic heterocycles. The fourth-order valence-corrected chi connectivity index (χ4v) is 2.90. The molecule has 1 aromatic heterocycles. The SMILES string of the molecule is CCCCCCCCCCc1c(N)ccc2ccc(=O)oc12. The van der Waals surface area contributed by atoms with Crippen LogP contribution in [0.4, 0.5) is 5.69 Å². The van der Waals surface area contributed by atoms with Gasteiger partial charge in [-0.2, -0.15) is 0 Å². The number of aryl methyl sites for hydroxylation is 1. The maximum absolute atomic E-state index is 11.4. The lowest BCUT2D eigenvalue weighted by molar-refractivity contribution is 0.551. The third-order valence-corrected chi connectivity index (χ3v) is 4.21. The Hall–Kier alpha value is -1.77. The second-order valence-corrected chi connectivity index (χ2v) is 6.03. The number of unbranched alkanes of at least 4 members (excludes halogenated alkanes) is 7. The summed E-state index contributed by atoms with van der Waals surface area (Å²) in [5, 5.41) is 0.948. The van der Waals surface area contributed by atoms with Gasteiger partial charge < -0.3 is 10.2 Å². The Labute approximate surface area is 132 Å². The Balaban J connectivity index is 1.87. The topological polar surface area (TPSA) is 56.2 Å². The molecular formula is C19H27NO2. The molecule has 0 spiro atoms. The van der Waals surface area contributed by atoms with E-state index in [1.165, 1.54) is 51.0 Å². The number of nitrogens with two attached hydrogens (primary N) is 1. The third kappa shape index (κ3) is 4.62. The molecule has 3 nitrogen and oxygen atoms in total. The van der Waals surface area contributed by atoms with Gasteiger partial charge in [0.1, 0.15) is 5.58 Å². The fraction of sp³-hybridized carbons (Fsp3) is 0.526. The van der Waals surface area contributed by atoms with Crippen molar-refractivity contribution in [3.8, 4) is 0 Å². The van der Waals surface area contributed by atoms with Crippen LogP contribution >= 0.6 is 0 Å². The molecule has 0 saturated carbocycles. The first-order valence-electron chi connectivity index (χ1n) is 8.53. The van der Waals surface area contributed by atoms with Crippen LogP contribution in [0.5, 0.6) is 0 Å². The van der Waals surface area contributed by atoms with Gasteiger partial charge in [-0.3, -0.25) is 0 Å². The Bertz CT molecular complexity index is 645. The van der Waals surface area contributed by atoms with E-state index in [2.05, 4.69) is 6.92 Å². The van der Waals surface area contributed by atoms with Gasteiger partial charge in [-0.1, -0.05) is 51.9 Å². The highest BCUT2D eigenvalue weighted by Crippen LogP contribution is 2.25. The molecule has 2 aromatic rings. The Morgan fingerprint density at radius 3 is 2.27 bits per heavy atom. The van der Waals surface area contributed by atoms with Gasteiger partial charge >= 0.3 is 5.63 Å². The molecule has 0 aliphatic rings. The van der Waals surface area contributed by atoms with Gasteiger partial charge in [-0.05, 0) is 31.0 Å². The summed E-state index contributed by atoms with van der Waals surface area (Å²) in [5.74, 6) is 0. The van der Waals surface area contributed by atoms with E-state index >= 15 is 0 Å². The summed E-state index contributed by atoms with van der Waals surface area (Å²) < 4.78 is 5.36. The molecule has 2 rings (SSSR count). The summed E-state index contributed by atoms with van der Waals surface area (Å²) in [7, 11) is 0. The minimum atomic E-state index is -0.310. The molecule has 22 heavy (non-hydrogen) atoms. The second-order valence-electron chi connectivity index (χ2n) is 6.03. The van der Waals surface area contributed by atoms with Gasteiger partial charge in [0.2, 0.25) is 0 Å². The van der Waals surface area contributed by atoms with E-state index in [1.54, 1.807) is 6.07 Å². The second kappa shape index (κ2) is 8.62. The van der Waals surface area contributed by atoms with Gasteiger partial charge in [0.25, 0.3) is 0 Å². The zero-order valence-electron chi connectivity index (χ0n) is 13.6. The first-order valence-corrected chi connectivity index (χ1v) is 8.53. The average molecular weight is 301 g/mol. The largest absolute Gasteiger partial charge is 0.422 e. The predicted octanol–water partition coefficient (Wildman–Crippen LogP) is 5.06. The summed E-state index contributed by atoms with van der Waals surface area (Å²) in [5.41, 5.74) is 8.14. The molecule has 3 heteroatoms. The zero-order chi connectivity index (χ0) is 15.8. The highest BCUT2D eigenvalue weighted by molar-refractivity contribution is 5.84. The Morgan fingerprint density at radius 1 is 0.909 bits per heavy atom. The molecule has 120 valence electrons. The molecule has 1 heterocycles. The number of fused-ring (bicyclic) bond motifs is 1. The first kappa shape index (κ1) is 16.6. The molecule has 0 saturated heterocycles. The van der Waals surface area contributed by atoms with E-state index in [4.69, 9.17) is 10.2 Å². The van der Waals surface area contributed by atoms with Crippen molar-refractivity contribution in [3.05, 3.63) is 40.2 Å². The van der Waals surface area contributed by atoms with E-state index < -0.39 is 0 Å². The number of nitrogen functional groups attached to an aromatic ring is 1. The molecule has 0 bridgehead atoms. The maximum atomic E-state index is 11.4. The molecule has 2 N–H and O–H groups in total. The van der Waals surface area contributed by atoms with Crippen molar-refractivity contribution in [2.75, 3.05) is 5.73 Å². The summed E-state index contributed by atoms with van der Waals surface area (Å²) >= 11 is 0. The lowest BCUT2D eigenvalue weighted by Gasteiger charge is -2.08. The van der Waals surface area contributed by atoms with Crippen molar-refractivity contribution in [3.63, 3.8) is 0 Å². The predicted molar refractivity (Wildman–Crippen MR) is 93.2 cm³/mol. The van der Waals surface area contributed by atoms with E-state index in [1.807, 2.05) is 12.1 Å². The number of benzene rings is 1. The maximum Gasteiger partial charge on any atom is 0.336 e. The van der Waals surface area contributed by atoms with Gasteiger partial charge in [0.05, 0.1) is 0 Å². The molecular weight excluding hydrogens is 274 g/mol. The van der Waals surface area contributed by atoms with Gasteiger partial charge in [0, 0.05) is 22.7 Å². The van der Waals surface area contributed by atoms with Crippen molar-refractivity contribution < 1.29 is 4.42 Å². The van der Waals surface area contributed by atoms with Crippen molar-refractivity contribution in [1.29, 1.82) is 0 Å². The normalized spacial score (nSPS) is 11.1. The Morgan fingerprint density at radius 2 is 1.55 bits per heavy atom. The van der Waals surface area contributed by atoms with E-state index in [0.29, 0.717) is 5.58 Å². The standard InChI is InChI=1S/C19H27NO2/c1-2-3-4-5-6-7-8-9-10-16-17(20)13-11-15-12-14-18(21)22-19(15)16/h11-14H,2-10,20H2,1H3. The van der Waals surface area contributed by atoms with Crippen LogP contribution in [0.1, 0.15) is 63.9 Å². The lowest BCUT2D eigenvalue weighted by Crippen LogP contribution is -2.00. The summed E-state index contributed by atoms with van der Waals surface area (Å²) in [6.07, 6.45) is 11.1. The molecule has 0 radical (unpaired) electrons. The van der Waals surface area contributed by atoms with E-state index in [9.17, 15) is 4.79 Å². The fourth-order valence-electron chi connectivity index (χ4n) is 2.90. The van der Waals surface area contributed by atoms with Crippen molar-refractivity contribution in [2.45, 2.75) is 64.7 Å². The van der Waals surface area contributed by atoms with Crippen LogP contribution < -0.4 is 11.4 Å². The van der Waals surface area contributed by atoms with Crippen LogP contribution in [0.15, 0.2) is 33.5 Å². The smallest absolute Gasteiger partial charge is 0.336 e. The van der Waals surface area contributed by atoms with Gasteiger partial charge in [-0.25, -0.2) is 4.79 Å². The van der Waals surface area contributed by atoms with Crippen molar-refractivity contribution in [2.24, 2.45) is 0 Å². The van der Waals surface area contributed by atoms with Crippen LogP contribution in [0.2, 0.25) is 0 Å². The zero-order valence-corrected chi connectivity index (χ0v) is 13.6. The van der Waals surface area contributed by atoms with E-state index in [0.717, 1.165) is 29.5 Å². The highest BCUT2D eigenvalue weighted by Gasteiger charge is 2.08. The van der Waals surface area contributed by atoms with Gasteiger partial charge in [0.15, 0.2) is 0 Å². The monoisotopic (exact) mass is 301 g/mol. The quantitative estimate of drug-likeness (QED) is 0.400. The summed E-state index contributed by atoms with van der Waals surface area (Å²) in [4.78, 5) is 11.4. The molecule has 0 fully saturated rings. The van der Waals surface area contributed by atoms with Crippen LogP contribution in [0.3, 0.4) is 0 Å². The van der Waals surface area contributed by atoms with Crippen LogP contribution in [-0.4, -0.2) is 0 Å². The molecule has 0 amide bonds. The third-order valence-electron chi connectivity index (χ3n) is 4.21. The summed E-state index contributed by atoms with van der Waals surface area (Å²) in [6.45, 7) is 2.24. The molecule has 1 aromatic carbocycles. The van der Waals surface area contributed by atoms with Crippen LogP contribution in [0, 0.1) is 0 Å². The first-order chi connectivity index (χ1) is 10.7. The van der Waals surface area contributed by atoms with Crippen LogP contribution in [-0.2, 0) is 6.42 Å². The molecule has 0 atom stereocenters. The van der Waals surface area contributed by atoms with Crippen molar-refractivity contribution >= 4 is 16.7 Å². The highest BCUT2D eigenvalue weighted by atomic mass is 16.4. The van der Waals surface area contributed by atoms with Crippen molar-refractivity contribution in [1.82, 2.24) is 0 Å². The average Bonchev–Trinajstić information content (AvgIpc) is 2.51. The molecule has 0 aliphatic carbocycles. The van der Waals surface area contributed by atoms with Crippen LogP contribution in [0.25, 0.3) is 11.0 Å². The number of anilines is 1.